The zero-order valence-electron chi connectivity index (χ0n) is 26.6. The van der Waals surface area contributed by atoms with E-state index in [-0.39, 0.29) is 17.9 Å². The molecule has 0 spiro atoms. The number of nitrogens with zero attached hydrogens (tertiary/aromatic N) is 6. The number of benzene rings is 1. The molecule has 5 heterocycles. The number of nitrogens with one attached hydrogen (secondary N) is 2. The molecule has 2 aliphatic rings. The number of hydrogen-bond donors (Lipinski definition) is 2. The van der Waals surface area contributed by atoms with Crippen LogP contribution in [-0.4, -0.2) is 77.5 Å². The van der Waals surface area contributed by atoms with Gasteiger partial charge in [-0.2, -0.15) is 0 Å². The monoisotopic (exact) mass is 672 g/mol. The second kappa shape index (κ2) is 14.0. The van der Waals surface area contributed by atoms with Crippen molar-refractivity contribution in [1.82, 2.24) is 19.9 Å². The highest BCUT2D eigenvalue weighted by Gasteiger charge is 2.30. The topological polar surface area (TPSA) is 116 Å². The number of carbonyl (C=O) groups is 2. The molecule has 4 aromatic rings. The van der Waals surface area contributed by atoms with Gasteiger partial charge in [-0.3, -0.25) is 9.59 Å². The molecule has 6 rings (SSSR count). The number of pyridine rings is 2. The van der Waals surface area contributed by atoms with Gasteiger partial charge in [0, 0.05) is 50.5 Å². The highest BCUT2D eigenvalue weighted by molar-refractivity contribution is 7.17. The summed E-state index contributed by atoms with van der Waals surface area (Å²) in [4.78, 5) is 46.5. The van der Waals surface area contributed by atoms with Gasteiger partial charge in [-0.05, 0) is 62.6 Å². The predicted octanol–water partition coefficient (Wildman–Crippen LogP) is 6.39. The van der Waals surface area contributed by atoms with Crippen molar-refractivity contribution in [1.29, 1.82) is 0 Å². The van der Waals surface area contributed by atoms with Gasteiger partial charge in [0.05, 0.1) is 35.4 Å². The van der Waals surface area contributed by atoms with Crippen molar-refractivity contribution in [3.63, 3.8) is 0 Å². The van der Waals surface area contributed by atoms with Crippen LogP contribution in [0.3, 0.4) is 0 Å². The predicted molar refractivity (Wildman–Crippen MR) is 189 cm³/mol. The molecule has 0 saturated carbocycles. The van der Waals surface area contributed by atoms with Gasteiger partial charge in [-0.1, -0.05) is 41.6 Å². The first-order valence-electron chi connectivity index (χ1n) is 15.5. The summed E-state index contributed by atoms with van der Waals surface area (Å²) in [5.41, 5.74) is 4.08. The third-order valence-electron chi connectivity index (χ3n) is 8.47. The number of ether oxygens (including phenoxy) is 1. The van der Waals surface area contributed by atoms with Gasteiger partial charge in [0.2, 0.25) is 5.91 Å². The zero-order valence-corrected chi connectivity index (χ0v) is 28.2. The Morgan fingerprint density at radius 2 is 1.91 bits per heavy atom. The van der Waals surface area contributed by atoms with Crippen molar-refractivity contribution in [3.8, 4) is 17.0 Å². The lowest BCUT2D eigenvalue weighted by molar-refractivity contribution is -0.126. The number of halogens is 1. The number of hydrogen-bond acceptors (Lipinski definition) is 10. The van der Waals surface area contributed by atoms with E-state index >= 15 is 0 Å². The second-order valence-electron chi connectivity index (χ2n) is 11.6. The largest absolute Gasteiger partial charge is 0.493 e. The Hall–Kier alpha value is -4.68. The maximum absolute atomic E-state index is 13.0. The third kappa shape index (κ3) is 6.89. The second-order valence-corrected chi connectivity index (χ2v) is 13.0. The van der Waals surface area contributed by atoms with Crippen LogP contribution in [0.15, 0.2) is 61.4 Å². The number of aromatic nitrogens is 3. The van der Waals surface area contributed by atoms with E-state index in [4.69, 9.17) is 26.3 Å². The fraction of sp³-hybridized carbons (Fsp3) is 0.324. The van der Waals surface area contributed by atoms with Gasteiger partial charge in [0.15, 0.2) is 22.5 Å². The van der Waals surface area contributed by atoms with Crippen molar-refractivity contribution in [2.45, 2.75) is 32.7 Å². The molecule has 2 amide bonds. The number of amides is 2. The highest BCUT2D eigenvalue weighted by Crippen LogP contribution is 2.37. The molecular formula is C34H37ClN8O3S. The standard InChI is InChI=1S/C34H37ClN8O3S/c1-5-29(44)42-15-16-43(22(3)20-42)32-26(41-13-6-7-14-41)17-23(18-36-32)25-11-12-27(46-4)31(38-25)40-34-37-19-28(47-34)33(45)39-30-21(2)9-8-10-24(30)35/h5,8-12,17-19,22H,1,6-7,13-16,20H2,2-4H3,(H,39,45)(H,37,38,40). The number of para-hydroxylation sites is 1. The summed E-state index contributed by atoms with van der Waals surface area (Å²) in [6.45, 7) is 11.5. The van der Waals surface area contributed by atoms with Crippen LogP contribution in [0.4, 0.5) is 28.1 Å². The number of piperazine rings is 1. The Balaban J connectivity index is 1.25. The molecule has 1 unspecified atom stereocenters. The van der Waals surface area contributed by atoms with E-state index in [1.165, 1.54) is 23.6 Å². The lowest BCUT2D eigenvalue weighted by Crippen LogP contribution is -2.54. The fourth-order valence-electron chi connectivity index (χ4n) is 5.96. The van der Waals surface area contributed by atoms with Crippen LogP contribution in [0.5, 0.6) is 5.75 Å². The van der Waals surface area contributed by atoms with E-state index in [0.29, 0.717) is 57.6 Å². The van der Waals surface area contributed by atoms with E-state index < -0.39 is 0 Å². The van der Waals surface area contributed by atoms with Gasteiger partial charge in [0.1, 0.15) is 4.88 Å². The number of aryl methyl sites for hydroxylation is 1. The van der Waals surface area contributed by atoms with Crippen molar-refractivity contribution in [2.24, 2.45) is 0 Å². The molecule has 2 aliphatic heterocycles. The molecule has 2 saturated heterocycles. The summed E-state index contributed by atoms with van der Waals surface area (Å²) in [5, 5.41) is 7.09. The summed E-state index contributed by atoms with van der Waals surface area (Å²) in [6, 6.07) is 11.5. The van der Waals surface area contributed by atoms with Crippen LogP contribution >= 0.6 is 22.9 Å². The summed E-state index contributed by atoms with van der Waals surface area (Å²) in [6.07, 6.45) is 7.00. The maximum Gasteiger partial charge on any atom is 0.267 e. The Morgan fingerprint density at radius 3 is 2.64 bits per heavy atom. The van der Waals surface area contributed by atoms with Crippen LogP contribution in [-0.2, 0) is 4.79 Å². The summed E-state index contributed by atoms with van der Waals surface area (Å²) in [5.74, 6) is 1.58. The minimum Gasteiger partial charge on any atom is -0.493 e. The van der Waals surface area contributed by atoms with Gasteiger partial charge >= 0.3 is 0 Å². The van der Waals surface area contributed by atoms with E-state index in [9.17, 15) is 9.59 Å². The van der Waals surface area contributed by atoms with Crippen LogP contribution in [0.25, 0.3) is 11.3 Å². The summed E-state index contributed by atoms with van der Waals surface area (Å²) in [7, 11) is 1.58. The SMILES string of the molecule is C=CC(=O)N1CCN(c2ncc(-c3ccc(OC)c(Nc4ncc(C(=O)Nc5c(C)cccc5Cl)s4)n3)cc2N2CCCC2)C(C)C1. The fourth-order valence-corrected chi connectivity index (χ4v) is 6.94. The summed E-state index contributed by atoms with van der Waals surface area (Å²) < 4.78 is 5.61. The molecule has 11 nitrogen and oxygen atoms in total. The summed E-state index contributed by atoms with van der Waals surface area (Å²) >= 11 is 7.51. The van der Waals surface area contributed by atoms with Crippen LogP contribution in [0.2, 0.25) is 5.02 Å². The average molecular weight is 673 g/mol. The molecule has 2 fully saturated rings. The first-order chi connectivity index (χ1) is 22.7. The zero-order chi connectivity index (χ0) is 33.1. The molecule has 47 heavy (non-hydrogen) atoms. The van der Waals surface area contributed by atoms with Crippen molar-refractivity contribution in [2.75, 3.05) is 60.3 Å². The van der Waals surface area contributed by atoms with Gasteiger partial charge in [-0.15, -0.1) is 0 Å². The molecule has 1 atom stereocenters. The Morgan fingerprint density at radius 1 is 1.11 bits per heavy atom. The number of carbonyl (C=O) groups excluding carboxylic acids is 2. The van der Waals surface area contributed by atoms with Crippen LogP contribution < -0.4 is 25.2 Å². The van der Waals surface area contributed by atoms with Crippen molar-refractivity contribution in [3.05, 3.63) is 76.9 Å². The van der Waals surface area contributed by atoms with E-state index in [2.05, 4.69) is 45.0 Å². The molecule has 3 aromatic heterocycles. The van der Waals surface area contributed by atoms with Gasteiger partial charge < -0.3 is 30.1 Å². The quantitative estimate of drug-likeness (QED) is 0.195. The number of rotatable bonds is 9. The van der Waals surface area contributed by atoms with E-state index in [1.807, 2.05) is 42.3 Å². The van der Waals surface area contributed by atoms with Crippen LogP contribution in [0.1, 0.15) is 35.0 Å². The average Bonchev–Trinajstić information content (AvgIpc) is 3.79. The Labute approximate surface area is 283 Å². The lowest BCUT2D eigenvalue weighted by atomic mass is 10.1. The van der Waals surface area contributed by atoms with Crippen molar-refractivity contribution < 1.29 is 14.3 Å². The molecule has 244 valence electrons. The lowest BCUT2D eigenvalue weighted by Gasteiger charge is -2.41. The van der Waals surface area contributed by atoms with E-state index in [0.717, 1.165) is 48.6 Å². The van der Waals surface area contributed by atoms with Gasteiger partial charge in [-0.25, -0.2) is 15.0 Å². The molecule has 0 radical (unpaired) electrons. The van der Waals surface area contributed by atoms with E-state index in [1.54, 1.807) is 13.2 Å². The first-order valence-corrected chi connectivity index (χ1v) is 16.7. The van der Waals surface area contributed by atoms with Crippen LogP contribution in [0, 0.1) is 6.92 Å². The minimum atomic E-state index is -0.302. The van der Waals surface area contributed by atoms with Crippen molar-refractivity contribution >= 4 is 62.9 Å². The molecule has 1 aromatic carbocycles. The third-order valence-corrected chi connectivity index (χ3v) is 9.70. The molecule has 0 bridgehead atoms. The maximum atomic E-state index is 13.0. The molecule has 13 heteroatoms. The van der Waals surface area contributed by atoms with Gasteiger partial charge in [0.25, 0.3) is 5.91 Å². The Bertz CT molecular complexity index is 1790. The smallest absolute Gasteiger partial charge is 0.267 e. The number of methoxy groups -OCH3 is 1. The minimum absolute atomic E-state index is 0.0426. The molecule has 0 aliphatic carbocycles. The number of thiazole rings is 1. The molecular weight excluding hydrogens is 636 g/mol. The molecule has 2 N–H and O–H groups in total. The normalized spacial score (nSPS) is 16.3. The highest BCUT2D eigenvalue weighted by atomic mass is 35.5. The first kappa shape index (κ1) is 32.3. The number of anilines is 5. The Kier molecular flexibility index (Phi) is 9.60.